The summed E-state index contributed by atoms with van der Waals surface area (Å²) in [5, 5.41) is 0. The molecule has 0 amide bonds. The Kier molecular flexibility index (Phi) is 5.49. The van der Waals surface area contributed by atoms with E-state index in [4.69, 9.17) is 4.84 Å². The molecule has 1 unspecified atom stereocenters. The van der Waals surface area contributed by atoms with Gasteiger partial charge < -0.3 is 0 Å². The van der Waals surface area contributed by atoms with E-state index in [9.17, 15) is 8.42 Å². The monoisotopic (exact) mass is 317 g/mol. The van der Waals surface area contributed by atoms with Crippen molar-refractivity contribution in [3.63, 3.8) is 0 Å². The van der Waals surface area contributed by atoms with Gasteiger partial charge in [0.2, 0.25) is 0 Å². The first-order valence-electron chi connectivity index (χ1n) is 6.95. The maximum atomic E-state index is 12.1. The predicted molar refractivity (Wildman–Crippen MR) is 87.5 cm³/mol. The van der Waals surface area contributed by atoms with E-state index in [1.807, 2.05) is 43.3 Å². The fourth-order valence-electron chi connectivity index (χ4n) is 1.75. The van der Waals surface area contributed by atoms with Gasteiger partial charge >= 0.3 is 0 Å². The predicted octanol–water partition coefficient (Wildman–Crippen LogP) is 3.31. The molecule has 0 heterocycles. The number of aryl methyl sites for hydroxylation is 1. The minimum absolute atomic E-state index is 0.178. The van der Waals surface area contributed by atoms with Gasteiger partial charge in [-0.2, -0.15) is 0 Å². The molecule has 0 saturated carbocycles. The molecule has 0 radical (unpaired) electrons. The van der Waals surface area contributed by atoms with E-state index in [-0.39, 0.29) is 11.0 Å². The number of hydrogen-bond acceptors (Lipinski definition) is 3. The Balaban J connectivity index is 1.94. The van der Waals surface area contributed by atoms with Crippen molar-refractivity contribution in [1.82, 2.24) is 4.89 Å². The molecule has 0 saturated heterocycles. The topological polar surface area (TPSA) is 55.4 Å². The highest BCUT2D eigenvalue weighted by Gasteiger charge is 2.14. The molecule has 22 heavy (non-hydrogen) atoms. The van der Waals surface area contributed by atoms with Crippen LogP contribution in [0.25, 0.3) is 6.08 Å². The summed E-state index contributed by atoms with van der Waals surface area (Å²) in [6.45, 7) is 3.66. The van der Waals surface area contributed by atoms with E-state index in [1.165, 1.54) is 0 Å². The largest absolute Gasteiger partial charge is 0.280 e. The average Bonchev–Trinajstić information content (AvgIpc) is 2.52. The molecule has 2 rings (SSSR count). The van der Waals surface area contributed by atoms with Crippen molar-refractivity contribution in [2.24, 2.45) is 0 Å². The third kappa shape index (κ3) is 4.80. The van der Waals surface area contributed by atoms with E-state index >= 15 is 0 Å². The molecule has 0 fully saturated rings. The van der Waals surface area contributed by atoms with Crippen LogP contribution in [-0.4, -0.2) is 14.5 Å². The highest BCUT2D eigenvalue weighted by molar-refractivity contribution is 7.89. The fourth-order valence-corrected chi connectivity index (χ4v) is 2.62. The Morgan fingerprint density at radius 1 is 1.05 bits per heavy atom. The summed E-state index contributed by atoms with van der Waals surface area (Å²) in [7, 11) is -3.66. The van der Waals surface area contributed by atoms with Crippen molar-refractivity contribution < 1.29 is 13.3 Å². The molecule has 2 aromatic rings. The molecule has 2 aromatic carbocycles. The Bertz CT molecular complexity index is 722. The standard InChI is InChI=1S/C17H19NO3S/c1-14-8-12-17(13-9-14)22(19,20)18-21-15(2)10-11-16-6-4-3-5-7-16/h3-13,15,18H,1-2H3/b11-10+. The van der Waals surface area contributed by atoms with Crippen molar-refractivity contribution in [1.29, 1.82) is 0 Å². The summed E-state index contributed by atoms with van der Waals surface area (Å²) < 4.78 is 24.1. The van der Waals surface area contributed by atoms with Gasteiger partial charge in [-0.3, -0.25) is 4.84 Å². The van der Waals surface area contributed by atoms with Crippen LogP contribution in [0.2, 0.25) is 0 Å². The quantitative estimate of drug-likeness (QED) is 0.832. The third-order valence-corrected chi connectivity index (χ3v) is 4.24. The van der Waals surface area contributed by atoms with Crippen LogP contribution in [-0.2, 0) is 14.9 Å². The molecule has 0 bridgehead atoms. The summed E-state index contributed by atoms with van der Waals surface area (Å²) in [5.74, 6) is 0. The third-order valence-electron chi connectivity index (χ3n) is 3.03. The van der Waals surface area contributed by atoms with Crippen LogP contribution in [0.3, 0.4) is 0 Å². The van der Waals surface area contributed by atoms with E-state index < -0.39 is 10.0 Å². The van der Waals surface area contributed by atoms with Gasteiger partial charge in [0.15, 0.2) is 0 Å². The second-order valence-electron chi connectivity index (χ2n) is 4.99. The van der Waals surface area contributed by atoms with Gasteiger partial charge in [-0.15, -0.1) is 0 Å². The first-order valence-corrected chi connectivity index (χ1v) is 8.43. The fraction of sp³-hybridized carbons (Fsp3) is 0.176. The van der Waals surface area contributed by atoms with Crippen LogP contribution in [0.15, 0.2) is 65.6 Å². The Morgan fingerprint density at radius 3 is 2.32 bits per heavy atom. The maximum absolute atomic E-state index is 12.1. The van der Waals surface area contributed by atoms with Crippen LogP contribution < -0.4 is 4.89 Å². The molecule has 0 spiro atoms. The molecular weight excluding hydrogens is 298 g/mol. The molecule has 0 aliphatic heterocycles. The summed E-state index contributed by atoms with van der Waals surface area (Å²) in [5.41, 5.74) is 2.03. The average molecular weight is 317 g/mol. The zero-order valence-corrected chi connectivity index (χ0v) is 13.4. The van der Waals surface area contributed by atoms with Gasteiger partial charge in [-0.1, -0.05) is 65.1 Å². The van der Waals surface area contributed by atoms with Crippen LogP contribution in [0.5, 0.6) is 0 Å². The summed E-state index contributed by atoms with van der Waals surface area (Å²) in [6, 6.07) is 16.3. The van der Waals surface area contributed by atoms with Gasteiger partial charge in [-0.25, -0.2) is 8.42 Å². The lowest BCUT2D eigenvalue weighted by Gasteiger charge is -2.10. The lowest BCUT2D eigenvalue weighted by atomic mass is 10.2. The minimum atomic E-state index is -3.66. The Morgan fingerprint density at radius 2 is 1.68 bits per heavy atom. The zero-order chi connectivity index (χ0) is 16.0. The number of benzene rings is 2. The van der Waals surface area contributed by atoms with Gasteiger partial charge in [0, 0.05) is 0 Å². The molecule has 1 atom stereocenters. The minimum Gasteiger partial charge on any atom is -0.280 e. The molecule has 116 valence electrons. The van der Waals surface area contributed by atoms with E-state index in [2.05, 4.69) is 4.89 Å². The van der Waals surface area contributed by atoms with Crippen LogP contribution >= 0.6 is 0 Å². The highest BCUT2D eigenvalue weighted by Crippen LogP contribution is 2.10. The zero-order valence-electron chi connectivity index (χ0n) is 12.6. The molecule has 5 heteroatoms. The van der Waals surface area contributed by atoms with Gasteiger partial charge in [0.25, 0.3) is 10.0 Å². The second kappa shape index (κ2) is 7.35. The molecule has 0 aliphatic carbocycles. The smallest absolute Gasteiger partial charge is 0.262 e. The summed E-state index contributed by atoms with van der Waals surface area (Å²) in [4.78, 5) is 7.52. The number of nitrogens with one attached hydrogen (secondary N) is 1. The first kappa shape index (κ1) is 16.4. The van der Waals surface area contributed by atoms with Gasteiger partial charge in [-0.05, 0) is 31.5 Å². The summed E-state index contributed by atoms with van der Waals surface area (Å²) in [6.07, 6.45) is 3.28. The summed E-state index contributed by atoms with van der Waals surface area (Å²) >= 11 is 0. The SMILES string of the molecule is Cc1ccc(S(=O)(=O)NOC(C)/C=C/c2ccccc2)cc1. The molecule has 4 nitrogen and oxygen atoms in total. The number of rotatable bonds is 6. The Labute approximate surface area is 131 Å². The molecular formula is C17H19NO3S. The van der Waals surface area contributed by atoms with E-state index in [0.717, 1.165) is 11.1 Å². The first-order chi connectivity index (χ1) is 10.5. The lowest BCUT2D eigenvalue weighted by molar-refractivity contribution is 0.0586. The normalized spacial score (nSPS) is 13.4. The van der Waals surface area contributed by atoms with E-state index in [0.29, 0.717) is 0 Å². The van der Waals surface area contributed by atoms with Crippen LogP contribution in [0, 0.1) is 6.92 Å². The van der Waals surface area contributed by atoms with Gasteiger partial charge in [0.05, 0.1) is 11.0 Å². The maximum Gasteiger partial charge on any atom is 0.262 e. The van der Waals surface area contributed by atoms with Crippen LogP contribution in [0.1, 0.15) is 18.1 Å². The van der Waals surface area contributed by atoms with Crippen molar-refractivity contribution >= 4 is 16.1 Å². The number of hydrogen-bond donors (Lipinski definition) is 1. The van der Waals surface area contributed by atoms with E-state index in [1.54, 1.807) is 37.3 Å². The Hall–Kier alpha value is -1.95. The van der Waals surface area contributed by atoms with Crippen molar-refractivity contribution in [2.45, 2.75) is 24.8 Å². The van der Waals surface area contributed by atoms with Crippen molar-refractivity contribution in [2.75, 3.05) is 0 Å². The molecule has 1 N–H and O–H groups in total. The van der Waals surface area contributed by atoms with Crippen molar-refractivity contribution in [3.8, 4) is 0 Å². The van der Waals surface area contributed by atoms with Crippen molar-refractivity contribution in [3.05, 3.63) is 71.8 Å². The highest BCUT2D eigenvalue weighted by atomic mass is 32.2. The van der Waals surface area contributed by atoms with Crippen LogP contribution in [0.4, 0.5) is 0 Å². The second-order valence-corrected chi connectivity index (χ2v) is 6.64. The molecule has 0 aliphatic rings. The van der Waals surface area contributed by atoms with Gasteiger partial charge in [0.1, 0.15) is 0 Å². The lowest BCUT2D eigenvalue weighted by Crippen LogP contribution is -2.27. The molecule has 0 aromatic heterocycles. The number of sulfonamides is 1.